The fourth-order valence-corrected chi connectivity index (χ4v) is 14.5. The topological polar surface area (TPSA) is 419 Å². The van der Waals surface area contributed by atoms with Gasteiger partial charge in [0.05, 0.1) is 84.5 Å². The summed E-state index contributed by atoms with van der Waals surface area (Å²) < 4.78 is 244. The summed E-state index contributed by atoms with van der Waals surface area (Å²) in [7, 11) is -28.8. The van der Waals surface area contributed by atoms with Gasteiger partial charge in [-0.2, -0.15) is 46.7 Å². The van der Waals surface area contributed by atoms with E-state index in [-0.39, 0.29) is 129 Å². The molecule has 2 heterocycles. The molecule has 0 radical (unpaired) electrons. The van der Waals surface area contributed by atoms with Crippen molar-refractivity contribution in [3.05, 3.63) is 83.6 Å². The average molecular weight is 1310 g/mol. The Balaban J connectivity index is 1.57. The lowest BCUT2D eigenvalue weighted by atomic mass is 9.74. The number of unbranched alkanes of at least 4 members (excludes halogenated alkanes) is 2. The van der Waals surface area contributed by atoms with Crippen molar-refractivity contribution in [1.82, 2.24) is 0 Å². The maximum Gasteiger partial charge on any atom is 0.303 e. The fraction of sp³-hybridized carbons (Fsp3) is 0.500. The number of rotatable bonds is 35. The first-order valence-electron chi connectivity index (χ1n) is 26.4. The Morgan fingerprint density at radius 1 is 0.588 bits per heavy atom. The number of carboxylic acid groups (broad SMARTS) is 1. The number of allylic oxidation sites excluding steroid dienone is 4. The summed E-state index contributed by atoms with van der Waals surface area (Å²) in [5.41, 5.74) is -1.46. The van der Waals surface area contributed by atoms with Gasteiger partial charge in [-0.3, -0.25) is 27.6 Å². The highest BCUT2D eigenvalue weighted by Gasteiger charge is 2.50. The number of anilines is 1. The van der Waals surface area contributed by atoms with E-state index in [4.69, 9.17) is 23.7 Å². The Labute approximate surface area is 493 Å². The van der Waals surface area contributed by atoms with Gasteiger partial charge in [0.25, 0.3) is 50.6 Å². The van der Waals surface area contributed by atoms with Crippen molar-refractivity contribution in [2.45, 2.75) is 95.6 Å². The van der Waals surface area contributed by atoms with Gasteiger partial charge >= 0.3 is 5.97 Å². The monoisotopic (exact) mass is 1310 g/mol. The van der Waals surface area contributed by atoms with Crippen LogP contribution in [0.1, 0.15) is 76.3 Å². The first-order chi connectivity index (χ1) is 39.5. The molecule has 2 unspecified atom stereocenters. The summed E-state index contributed by atoms with van der Waals surface area (Å²) in [5.74, 6) is -2.65. The Morgan fingerprint density at radius 2 is 1.11 bits per heavy atom. The number of ether oxygens (including phenoxy) is 5. The molecule has 2 atom stereocenters. The van der Waals surface area contributed by atoms with E-state index >= 15 is 0 Å². The number of fused-ring (bicyclic) bond motifs is 6. The minimum absolute atomic E-state index is 0.0192. The number of hydrogen-bond acceptors (Lipinski definition) is 20. The van der Waals surface area contributed by atoms with E-state index < -0.39 is 109 Å². The first-order valence-corrected chi connectivity index (χ1v) is 35.3. The molecule has 27 nitrogen and oxygen atoms in total. The molecule has 0 bridgehead atoms. The van der Waals surface area contributed by atoms with Gasteiger partial charge in [0, 0.05) is 73.0 Å². The molecule has 0 saturated heterocycles. The number of carboxylic acids is 1. The first kappa shape index (κ1) is 69.2. The molecule has 472 valence electrons. The molecule has 4 aromatic rings. The van der Waals surface area contributed by atoms with E-state index in [0.717, 1.165) is 12.1 Å². The second kappa shape index (κ2) is 28.1. The molecule has 0 spiro atoms. The van der Waals surface area contributed by atoms with Gasteiger partial charge in [0.1, 0.15) is 21.6 Å². The van der Waals surface area contributed by atoms with Crippen LogP contribution in [-0.2, 0) is 100 Å². The third kappa shape index (κ3) is 17.7. The summed E-state index contributed by atoms with van der Waals surface area (Å²) in [4.78, 5) is 9.54. The second-order valence-corrected chi connectivity index (χ2v) is 29.2. The summed E-state index contributed by atoms with van der Waals surface area (Å²) in [6, 6.07) is 8.47. The van der Waals surface area contributed by atoms with Gasteiger partial charge in [-0.1, -0.05) is 18.6 Å². The predicted molar refractivity (Wildman–Crippen MR) is 307 cm³/mol. The van der Waals surface area contributed by atoms with Crippen molar-refractivity contribution in [2.24, 2.45) is 0 Å². The zero-order chi connectivity index (χ0) is 63.0. The predicted octanol–water partition coefficient (Wildman–Crippen LogP) is 4.91. The highest BCUT2D eigenvalue weighted by atomic mass is 32.2. The summed E-state index contributed by atoms with van der Waals surface area (Å²) in [6.45, 7) is 5.20. The molecule has 2 aliphatic heterocycles. The Hall–Kier alpha value is -4.92. The van der Waals surface area contributed by atoms with E-state index in [1.54, 1.807) is 31.6 Å². The lowest BCUT2D eigenvalue weighted by molar-refractivity contribution is -0.437. The highest BCUT2D eigenvalue weighted by molar-refractivity contribution is 7.87. The van der Waals surface area contributed by atoms with Crippen molar-refractivity contribution >= 4 is 105 Å². The van der Waals surface area contributed by atoms with E-state index in [0.29, 0.717) is 62.8 Å². The number of aliphatic carboxylic acids is 1. The standard InChI is InChI=1S/C52H68N2O25S6/c1-51(17-8-30-80(57,58)59)46(54(20-9-31-81(60,61)62)42-15-13-38-40(49(42)51)32-36(82(63,64)65)34-44(38)84(69,70)71)10-7-11-47-52(2,18-21-76-24-25-78-28-29-79-27-26-77-23-22-75-3)50-41-33-37(83(66,67)68)35-45(85(72,73)74)39(41)14-16-43(50)53(47)19-6-4-5-12-48(55)56/h7,10-11,13-16,32-35H,4-6,8-9,12,17-31H2,1-3H3,(H6-,55,56,57,58,59,60,61,62,63,64,65,66,67,68,69,70,71,72,73,74). The molecular weight excluding hydrogens is 1240 g/mol. The van der Waals surface area contributed by atoms with Crippen LogP contribution in [0, 0.1) is 0 Å². The van der Waals surface area contributed by atoms with Crippen molar-refractivity contribution in [3.63, 3.8) is 0 Å². The number of hydrogen-bond donors (Lipinski definition) is 6. The Bertz CT molecular complexity index is 3960. The van der Waals surface area contributed by atoms with Crippen LogP contribution in [0.3, 0.4) is 0 Å². The zero-order valence-corrected chi connectivity index (χ0v) is 51.4. The largest absolute Gasteiger partial charge is 0.744 e. The molecule has 4 aromatic carbocycles. The molecule has 85 heavy (non-hydrogen) atoms. The number of benzene rings is 4. The lowest BCUT2D eigenvalue weighted by Gasteiger charge is -2.31. The van der Waals surface area contributed by atoms with Gasteiger partial charge in [0.2, 0.25) is 5.69 Å². The van der Waals surface area contributed by atoms with Crippen molar-refractivity contribution in [3.8, 4) is 0 Å². The van der Waals surface area contributed by atoms with Gasteiger partial charge in [-0.05, 0) is 110 Å². The normalized spacial score (nSPS) is 18.4. The van der Waals surface area contributed by atoms with Crippen molar-refractivity contribution in [1.29, 1.82) is 0 Å². The third-order valence-electron chi connectivity index (χ3n) is 14.6. The van der Waals surface area contributed by atoms with Crippen LogP contribution in [0.2, 0.25) is 0 Å². The van der Waals surface area contributed by atoms with Gasteiger partial charge < -0.3 is 38.2 Å². The third-order valence-corrected chi connectivity index (χ3v) is 19.6. The maximum absolute atomic E-state index is 12.9. The van der Waals surface area contributed by atoms with E-state index in [2.05, 4.69) is 0 Å². The molecule has 33 heteroatoms. The minimum atomic E-state index is -5.45. The lowest BCUT2D eigenvalue weighted by Crippen LogP contribution is -2.33. The van der Waals surface area contributed by atoms with Crippen LogP contribution < -0.4 is 4.90 Å². The minimum Gasteiger partial charge on any atom is -0.744 e. The van der Waals surface area contributed by atoms with Gasteiger partial charge in [0.15, 0.2) is 5.71 Å². The van der Waals surface area contributed by atoms with Gasteiger partial charge in [-0.25, -0.2) is 8.42 Å². The fourth-order valence-electron chi connectivity index (χ4n) is 10.8. The molecule has 2 aliphatic rings. The molecule has 0 aromatic heterocycles. The van der Waals surface area contributed by atoms with Crippen molar-refractivity contribution < 1.29 is 116 Å². The zero-order valence-electron chi connectivity index (χ0n) is 46.5. The summed E-state index contributed by atoms with van der Waals surface area (Å²) in [5, 5.41) is 8.71. The van der Waals surface area contributed by atoms with E-state index in [1.165, 1.54) is 36.4 Å². The summed E-state index contributed by atoms with van der Waals surface area (Å²) >= 11 is 0. The Morgan fingerprint density at radius 3 is 1.64 bits per heavy atom. The summed E-state index contributed by atoms with van der Waals surface area (Å²) in [6.07, 6.45) is 4.62. The van der Waals surface area contributed by atoms with Crippen LogP contribution in [-0.4, -0.2) is 190 Å². The number of methoxy groups -OCH3 is 1. The number of carbonyl (C=O) groups is 1. The van der Waals surface area contributed by atoms with Crippen LogP contribution in [0.4, 0.5) is 11.4 Å². The number of nitrogens with zero attached hydrogens (tertiary/aromatic N) is 2. The molecule has 0 amide bonds. The van der Waals surface area contributed by atoms with Crippen LogP contribution in [0.15, 0.2) is 92.0 Å². The Kier molecular flexibility index (Phi) is 22.8. The molecule has 0 aliphatic carbocycles. The average Bonchev–Trinajstić information content (AvgIpc) is 1.67. The molecule has 6 N–H and O–H groups in total. The van der Waals surface area contributed by atoms with E-state index in [9.17, 15) is 87.7 Å². The second-order valence-electron chi connectivity index (χ2n) is 20.5. The smallest absolute Gasteiger partial charge is 0.303 e. The van der Waals surface area contributed by atoms with Crippen molar-refractivity contribution in [2.75, 3.05) is 96.1 Å². The van der Waals surface area contributed by atoms with Crippen LogP contribution >= 0.6 is 0 Å². The van der Waals surface area contributed by atoms with Gasteiger partial charge in [-0.15, -0.1) is 0 Å². The van der Waals surface area contributed by atoms with Crippen LogP contribution in [0.25, 0.3) is 21.5 Å². The van der Waals surface area contributed by atoms with Crippen LogP contribution in [0.5, 0.6) is 0 Å². The molecule has 0 fully saturated rings. The SMILES string of the molecule is COCCOCCOCCOCCOCCC1(C)/C(=C\C=C\C2=[N+](CCCS(=O)(=O)O)c3ccc4c(S(=O)(=O)O)cc(S(=O)(=O)O)cc4c3C2(C)CCCS(=O)(=O)O)N(CCCCCC(=O)O)c2ccc3c(S(=O)(=O)[O-])cc(S(=O)(=O)O)cc3c21. The maximum atomic E-state index is 12.9. The quantitative estimate of drug-likeness (QED) is 0.0202. The van der Waals surface area contributed by atoms with E-state index in [1.807, 2.05) is 4.90 Å². The molecular formula is C52H68N2O25S6. The molecule has 6 rings (SSSR count). The highest BCUT2D eigenvalue weighted by Crippen LogP contribution is 2.54. The molecule has 0 saturated carbocycles.